The molecule has 2 unspecified atom stereocenters. The van der Waals surface area contributed by atoms with Crippen molar-refractivity contribution in [3.63, 3.8) is 0 Å². The van der Waals surface area contributed by atoms with Crippen LogP contribution in [0.25, 0.3) is 0 Å². The van der Waals surface area contributed by atoms with E-state index >= 15 is 0 Å². The van der Waals surface area contributed by atoms with Gasteiger partial charge in [0.1, 0.15) is 41.3 Å². The van der Waals surface area contributed by atoms with Crippen LogP contribution in [-0.4, -0.2) is 110 Å². The van der Waals surface area contributed by atoms with E-state index in [0.29, 0.717) is 6.29 Å². The quantitative estimate of drug-likeness (QED) is 0.0259. The smallest absolute Gasteiger partial charge is 0.329 e. The van der Waals surface area contributed by atoms with Crippen LogP contribution in [-0.2, 0) is 28.7 Å². The van der Waals surface area contributed by atoms with E-state index < -0.39 is 53.0 Å². The Bertz CT molecular complexity index is 1160. The van der Waals surface area contributed by atoms with Crippen molar-refractivity contribution in [1.82, 2.24) is 20.1 Å². The van der Waals surface area contributed by atoms with E-state index in [1.165, 1.54) is 17.9 Å². The lowest BCUT2D eigenvalue weighted by molar-refractivity contribution is -0.143. The zero-order valence-corrected chi connectivity index (χ0v) is 28.6. The zero-order valence-electron chi connectivity index (χ0n) is 22.7. The maximum atomic E-state index is 13.3. The number of esters is 2. The van der Waals surface area contributed by atoms with E-state index in [1.807, 2.05) is 0 Å². The lowest BCUT2D eigenvalue weighted by atomic mass is 10.2. The molecule has 4 N–H and O–H groups in total. The molecule has 14 nitrogen and oxygen atoms in total. The topological polar surface area (TPSA) is 187 Å². The Morgan fingerprint density at radius 2 is 1.42 bits per heavy atom. The summed E-state index contributed by atoms with van der Waals surface area (Å²) in [5.41, 5.74) is 0. The lowest BCUT2D eigenvalue weighted by Gasteiger charge is -2.19. The van der Waals surface area contributed by atoms with E-state index in [0.717, 1.165) is 41.4 Å². The molecule has 0 saturated heterocycles. The normalized spacial score (nSPS) is 14.9. The van der Waals surface area contributed by atoms with Gasteiger partial charge in [-0.25, -0.2) is 14.3 Å². The van der Waals surface area contributed by atoms with Crippen LogP contribution in [0.5, 0.6) is 11.5 Å². The number of thiol groups is 3. The largest absolute Gasteiger partial charge is 0.484 e. The molecule has 21 heteroatoms. The molecule has 1 aliphatic rings. The highest BCUT2D eigenvalue weighted by Crippen LogP contribution is 2.44. The Kier molecular flexibility index (Phi) is 17.4. The van der Waals surface area contributed by atoms with E-state index in [1.54, 1.807) is 0 Å². The standard InChI is InChI=1S/C22H30N4O10S7/c1-33-20(30)12(8-40-26-11(7-38)22(32)39)23-18(28)16-14-15(36-4-3-35-14)17(42-16)19(29)24-13(21(31)34-2)9-41-43-25-10(5-27)6-37/h5,10-13,25-26,37-38H,3-4,6-9H2,1-2H3,(H,23,28)(H,24,29)(H,32,39)/t10-,11+,12?,13?/m1/s1. The van der Waals surface area contributed by atoms with Gasteiger partial charge in [0, 0.05) is 23.0 Å². The van der Waals surface area contributed by atoms with Crippen LogP contribution in [0, 0.1) is 0 Å². The number of hydrogen-bond acceptors (Lipinski definition) is 18. The van der Waals surface area contributed by atoms with Gasteiger partial charge in [0.05, 0.1) is 26.3 Å². The van der Waals surface area contributed by atoms with Crippen molar-refractivity contribution in [3.05, 3.63) is 9.75 Å². The summed E-state index contributed by atoms with van der Waals surface area (Å²) in [6.07, 6.45) is 0.698. The monoisotopic (exact) mass is 734 g/mol. The first-order valence-corrected chi connectivity index (χ1v) is 18.0. The highest BCUT2D eigenvalue weighted by atomic mass is 33.1. The van der Waals surface area contributed by atoms with Crippen molar-refractivity contribution in [1.29, 1.82) is 0 Å². The van der Waals surface area contributed by atoms with Gasteiger partial charge in [-0.1, -0.05) is 22.7 Å². The molecule has 1 aliphatic heterocycles. The first-order valence-electron chi connectivity index (χ1n) is 12.1. The molecule has 240 valence electrons. The third-order valence-corrected chi connectivity index (χ3v) is 10.4. The zero-order chi connectivity index (χ0) is 31.9. The number of nitrogens with one attached hydrogen (secondary N) is 4. The molecular weight excluding hydrogens is 705 g/mol. The number of aldehydes is 1. The summed E-state index contributed by atoms with van der Waals surface area (Å²) in [6.45, 7) is 0.212. The van der Waals surface area contributed by atoms with Crippen molar-refractivity contribution >= 4 is 118 Å². The molecule has 0 bridgehead atoms. The minimum absolute atomic E-state index is 0.0134. The van der Waals surface area contributed by atoms with Crippen LogP contribution in [0.4, 0.5) is 0 Å². The second-order valence-corrected chi connectivity index (χ2v) is 13.4. The molecule has 2 rings (SSSR count). The van der Waals surface area contributed by atoms with Gasteiger partial charge in [0.25, 0.3) is 11.8 Å². The van der Waals surface area contributed by atoms with E-state index in [4.69, 9.17) is 18.9 Å². The summed E-state index contributed by atoms with van der Waals surface area (Å²) in [4.78, 5) is 73.7. The van der Waals surface area contributed by atoms with Crippen LogP contribution in [0.2, 0.25) is 0 Å². The molecule has 2 heterocycles. The maximum absolute atomic E-state index is 13.3. The number of fused-ring (bicyclic) bond motifs is 1. The summed E-state index contributed by atoms with van der Waals surface area (Å²) in [5, 5.41) is 4.69. The highest BCUT2D eigenvalue weighted by Gasteiger charge is 2.35. The number of thiophene rings is 1. The summed E-state index contributed by atoms with van der Waals surface area (Å²) >= 11 is 13.6. The third-order valence-electron chi connectivity index (χ3n) is 5.20. The van der Waals surface area contributed by atoms with Crippen molar-refractivity contribution in [3.8, 4) is 11.5 Å². The van der Waals surface area contributed by atoms with Gasteiger partial charge < -0.3 is 34.4 Å². The summed E-state index contributed by atoms with van der Waals surface area (Å²) in [5.74, 6) is -2.40. The first kappa shape index (κ1) is 37.7. The first-order chi connectivity index (χ1) is 20.6. The number of carbonyl (C=O) groups excluding carboxylic acids is 6. The average Bonchev–Trinajstić information content (AvgIpc) is 3.41. The fourth-order valence-electron chi connectivity index (χ4n) is 3.02. The van der Waals surface area contributed by atoms with Crippen LogP contribution < -0.4 is 29.6 Å². The van der Waals surface area contributed by atoms with Crippen LogP contribution in [0.3, 0.4) is 0 Å². The van der Waals surface area contributed by atoms with Gasteiger partial charge in [-0.05, 0) is 11.0 Å². The molecule has 4 atom stereocenters. The Morgan fingerprint density at radius 3 is 1.86 bits per heavy atom. The van der Waals surface area contributed by atoms with Gasteiger partial charge in [0.15, 0.2) is 11.5 Å². The SMILES string of the molecule is COC(=O)C(CSN[C@@H](CS)C(=O)S)NC(=O)c1sc(C(=O)NC(CSSN[C@H](C=O)CS)C(=O)OC)c2c1OCCO2. The number of ether oxygens (including phenoxy) is 4. The second-order valence-electron chi connectivity index (χ2n) is 8.13. The van der Waals surface area contributed by atoms with Crippen LogP contribution >= 0.6 is 82.9 Å². The summed E-state index contributed by atoms with van der Waals surface area (Å²) in [6, 6.07) is -3.41. The van der Waals surface area contributed by atoms with Crippen molar-refractivity contribution < 1.29 is 47.7 Å². The molecule has 0 aromatic carbocycles. The predicted molar refractivity (Wildman–Crippen MR) is 176 cm³/mol. The third kappa shape index (κ3) is 11.4. The number of methoxy groups -OCH3 is 2. The summed E-state index contributed by atoms with van der Waals surface area (Å²) in [7, 11) is 4.60. The Labute approximate surface area is 280 Å². The fraction of sp³-hybridized carbons (Fsp3) is 0.545. The van der Waals surface area contributed by atoms with Gasteiger partial charge in [-0.3, -0.25) is 19.1 Å². The highest BCUT2D eigenvalue weighted by molar-refractivity contribution is 8.76. The molecule has 0 saturated carbocycles. The van der Waals surface area contributed by atoms with Gasteiger partial charge in [0.2, 0.25) is 5.12 Å². The van der Waals surface area contributed by atoms with Gasteiger partial charge in [-0.2, -0.15) is 25.3 Å². The van der Waals surface area contributed by atoms with E-state index in [-0.39, 0.29) is 57.5 Å². The Morgan fingerprint density at radius 1 is 0.884 bits per heavy atom. The van der Waals surface area contributed by atoms with Crippen LogP contribution in [0.1, 0.15) is 19.3 Å². The minimum atomic E-state index is -1.14. The summed E-state index contributed by atoms with van der Waals surface area (Å²) < 4.78 is 26.6. The number of rotatable bonds is 19. The van der Waals surface area contributed by atoms with Gasteiger partial charge in [-0.15, -0.1) is 24.0 Å². The molecule has 1 aromatic heterocycles. The molecule has 43 heavy (non-hydrogen) atoms. The Balaban J connectivity index is 2.19. The maximum Gasteiger partial charge on any atom is 0.329 e. The number of carbonyl (C=O) groups is 6. The van der Waals surface area contributed by atoms with Crippen LogP contribution in [0.15, 0.2) is 0 Å². The molecule has 0 radical (unpaired) electrons. The Hall–Kier alpha value is -1.46. The van der Waals surface area contributed by atoms with E-state index in [2.05, 4.69) is 58.0 Å². The van der Waals surface area contributed by atoms with Gasteiger partial charge >= 0.3 is 11.9 Å². The second kappa shape index (κ2) is 19.8. The average molecular weight is 735 g/mol. The van der Waals surface area contributed by atoms with Crippen molar-refractivity contribution in [2.45, 2.75) is 24.2 Å². The van der Waals surface area contributed by atoms with Crippen molar-refractivity contribution in [2.75, 3.05) is 50.4 Å². The molecule has 1 aromatic rings. The molecule has 0 fully saturated rings. The molecule has 0 aliphatic carbocycles. The fourth-order valence-corrected chi connectivity index (χ4v) is 7.90. The van der Waals surface area contributed by atoms with Crippen molar-refractivity contribution in [2.24, 2.45) is 0 Å². The number of hydrogen-bond donors (Lipinski definition) is 7. The molecular formula is C22H30N4O10S7. The minimum Gasteiger partial charge on any atom is -0.484 e. The lowest BCUT2D eigenvalue weighted by Crippen LogP contribution is -2.44. The molecule has 0 spiro atoms. The number of amides is 2. The van der Waals surface area contributed by atoms with E-state index in [9.17, 15) is 28.8 Å². The predicted octanol–water partition coefficient (Wildman–Crippen LogP) is 0.438. The molecule has 2 amide bonds.